The van der Waals surface area contributed by atoms with Gasteiger partial charge in [0.1, 0.15) is 0 Å². The Balaban J connectivity index is -0.00000882. The Bertz CT molecular complexity index is 722. The van der Waals surface area contributed by atoms with Crippen LogP contribution >= 0.6 is 0 Å². The van der Waals surface area contributed by atoms with Crippen molar-refractivity contribution in [2.75, 3.05) is 0 Å². The SMILES string of the molecule is C/C(=C\C(=O)OC(=O)/C=C(\C)CCC[C@H](C)CCC[C@H](C)CCCC(C)C)CCC[C@H](C)CCC[C@H](C)CCCC(C)C.[NaH].[NaH]. The molecule has 0 fully saturated rings. The summed E-state index contributed by atoms with van der Waals surface area (Å²) >= 11 is 0. The van der Waals surface area contributed by atoms with Crippen molar-refractivity contribution in [3.05, 3.63) is 23.3 Å². The van der Waals surface area contributed by atoms with Crippen LogP contribution in [-0.2, 0) is 14.3 Å². The molecule has 0 radical (unpaired) electrons. The summed E-state index contributed by atoms with van der Waals surface area (Å²) in [5.41, 5.74) is 1.98. The monoisotopic (exact) mass is 651 g/mol. The third kappa shape index (κ3) is 34.3. The van der Waals surface area contributed by atoms with Crippen LogP contribution in [0.2, 0.25) is 0 Å². The van der Waals surface area contributed by atoms with Crippen molar-refractivity contribution in [1.82, 2.24) is 0 Å². The van der Waals surface area contributed by atoms with E-state index in [0.717, 1.165) is 60.5 Å². The number of esters is 2. The van der Waals surface area contributed by atoms with E-state index >= 15 is 0 Å². The Morgan fingerprint density at radius 1 is 0.444 bits per heavy atom. The quantitative estimate of drug-likeness (QED) is 0.0405. The van der Waals surface area contributed by atoms with Gasteiger partial charge in [-0.2, -0.15) is 0 Å². The summed E-state index contributed by atoms with van der Waals surface area (Å²) in [6.45, 7) is 22.7. The number of allylic oxidation sites excluding steroid dienone is 2. The third-order valence-electron chi connectivity index (χ3n) is 9.21. The summed E-state index contributed by atoms with van der Waals surface area (Å²) in [5, 5.41) is 0. The van der Waals surface area contributed by atoms with Gasteiger partial charge in [0.15, 0.2) is 0 Å². The second-order valence-corrected chi connectivity index (χ2v) is 15.4. The molecule has 45 heavy (non-hydrogen) atoms. The third-order valence-corrected chi connectivity index (χ3v) is 9.21. The molecule has 0 heterocycles. The Hall–Kier alpha value is 0.620. The summed E-state index contributed by atoms with van der Waals surface area (Å²) in [4.78, 5) is 24.5. The fraction of sp³-hybridized carbons (Fsp3) is 0.850. The minimum atomic E-state index is -0.543. The summed E-state index contributed by atoms with van der Waals surface area (Å²) in [5.74, 6) is 3.66. The molecule has 256 valence electrons. The Morgan fingerprint density at radius 3 is 0.956 bits per heavy atom. The second-order valence-electron chi connectivity index (χ2n) is 15.4. The van der Waals surface area contributed by atoms with Crippen LogP contribution < -0.4 is 0 Å². The van der Waals surface area contributed by atoms with Gasteiger partial charge in [0, 0.05) is 12.2 Å². The van der Waals surface area contributed by atoms with Gasteiger partial charge in [0.05, 0.1) is 0 Å². The van der Waals surface area contributed by atoms with Gasteiger partial charge >= 0.3 is 71.1 Å². The van der Waals surface area contributed by atoms with Crippen molar-refractivity contribution < 1.29 is 14.3 Å². The first kappa shape index (κ1) is 50.0. The van der Waals surface area contributed by atoms with E-state index in [1.54, 1.807) is 0 Å². The first-order valence-electron chi connectivity index (χ1n) is 18.4. The normalized spacial score (nSPS) is 14.8. The molecule has 0 aliphatic rings. The average molecular weight is 651 g/mol. The van der Waals surface area contributed by atoms with Gasteiger partial charge in [-0.05, 0) is 75.0 Å². The molecule has 0 aliphatic carbocycles. The van der Waals surface area contributed by atoms with Crippen molar-refractivity contribution in [3.8, 4) is 0 Å². The molecule has 0 amide bonds. The van der Waals surface area contributed by atoms with Gasteiger partial charge in [-0.1, -0.05) is 156 Å². The molecule has 0 spiro atoms. The van der Waals surface area contributed by atoms with Crippen molar-refractivity contribution >= 4 is 71.1 Å². The Kier molecular flexibility index (Phi) is 35.4. The van der Waals surface area contributed by atoms with Crippen LogP contribution in [0.1, 0.15) is 185 Å². The fourth-order valence-electron chi connectivity index (χ4n) is 6.12. The molecule has 0 unspecified atom stereocenters. The van der Waals surface area contributed by atoms with E-state index in [2.05, 4.69) is 55.4 Å². The molecule has 3 nitrogen and oxygen atoms in total. The second kappa shape index (κ2) is 31.9. The van der Waals surface area contributed by atoms with Crippen LogP contribution in [0.15, 0.2) is 23.3 Å². The topological polar surface area (TPSA) is 43.4 Å². The van der Waals surface area contributed by atoms with Gasteiger partial charge in [-0.25, -0.2) is 9.59 Å². The van der Waals surface area contributed by atoms with Crippen molar-refractivity contribution in [2.24, 2.45) is 35.5 Å². The van der Waals surface area contributed by atoms with E-state index < -0.39 is 11.9 Å². The molecular formula is C40H76Na2O3. The number of hydrogen-bond acceptors (Lipinski definition) is 3. The molecule has 0 N–H and O–H groups in total. The van der Waals surface area contributed by atoms with Gasteiger partial charge in [-0.15, -0.1) is 0 Å². The van der Waals surface area contributed by atoms with E-state index in [1.165, 1.54) is 102 Å². The molecule has 0 bridgehead atoms. The van der Waals surface area contributed by atoms with Crippen LogP contribution in [0.3, 0.4) is 0 Å². The van der Waals surface area contributed by atoms with Crippen LogP contribution in [0.25, 0.3) is 0 Å². The minimum absolute atomic E-state index is 0. The van der Waals surface area contributed by atoms with E-state index in [9.17, 15) is 9.59 Å². The van der Waals surface area contributed by atoms with Crippen LogP contribution in [-0.4, -0.2) is 71.1 Å². The zero-order valence-corrected chi connectivity index (χ0v) is 30.6. The number of hydrogen-bond donors (Lipinski definition) is 0. The van der Waals surface area contributed by atoms with Crippen LogP contribution in [0.5, 0.6) is 0 Å². The molecule has 0 aromatic heterocycles. The molecule has 5 heteroatoms. The fourth-order valence-corrected chi connectivity index (χ4v) is 6.12. The molecule has 0 aliphatic heterocycles. The standard InChI is InChI=1S/C40H74O3.2Na.2H/c1-31(2)17-11-19-33(5)21-13-23-35(7)25-15-27-37(9)29-39(41)43-40(42)30-38(10)28-16-26-36(8)24-14-22-34(6)20-12-18-32(3)4;;;;/h29-36H,11-28H2,1-10H3;;;;/b37-29+,38-30+;;;;/t33-,34-,35-,36-;;;;/m1..../s1. The number of ether oxygens (including phenoxy) is 1. The van der Waals surface area contributed by atoms with Crippen LogP contribution in [0.4, 0.5) is 0 Å². The van der Waals surface area contributed by atoms with Gasteiger partial charge in [-0.3, -0.25) is 0 Å². The van der Waals surface area contributed by atoms with Gasteiger partial charge in [0.2, 0.25) is 0 Å². The Morgan fingerprint density at radius 2 is 0.689 bits per heavy atom. The molecule has 0 saturated heterocycles. The summed E-state index contributed by atoms with van der Waals surface area (Å²) in [6, 6.07) is 0. The van der Waals surface area contributed by atoms with E-state index in [-0.39, 0.29) is 59.1 Å². The summed E-state index contributed by atoms with van der Waals surface area (Å²) in [7, 11) is 0. The predicted molar refractivity (Wildman–Crippen MR) is 202 cm³/mol. The van der Waals surface area contributed by atoms with Crippen LogP contribution in [0, 0.1) is 35.5 Å². The van der Waals surface area contributed by atoms with Crippen molar-refractivity contribution in [2.45, 2.75) is 185 Å². The summed E-state index contributed by atoms with van der Waals surface area (Å²) in [6.07, 6.45) is 25.3. The average Bonchev–Trinajstić information content (AvgIpc) is 2.87. The molecule has 0 saturated carbocycles. The molecule has 0 aromatic carbocycles. The molecule has 4 atom stereocenters. The Labute approximate surface area is 326 Å². The first-order chi connectivity index (χ1) is 20.3. The maximum atomic E-state index is 12.3. The summed E-state index contributed by atoms with van der Waals surface area (Å²) < 4.78 is 5.05. The molecule has 0 rings (SSSR count). The van der Waals surface area contributed by atoms with Gasteiger partial charge < -0.3 is 4.74 Å². The zero-order chi connectivity index (χ0) is 32.6. The van der Waals surface area contributed by atoms with E-state index in [0.29, 0.717) is 11.8 Å². The predicted octanol–water partition coefficient (Wildman–Crippen LogP) is 11.5. The van der Waals surface area contributed by atoms with Crippen molar-refractivity contribution in [1.29, 1.82) is 0 Å². The number of carbonyl (C=O) groups is 2. The first-order valence-corrected chi connectivity index (χ1v) is 18.4. The number of carbonyl (C=O) groups excluding carboxylic acids is 2. The molecule has 0 aromatic rings. The number of rotatable bonds is 26. The van der Waals surface area contributed by atoms with E-state index in [1.807, 2.05) is 13.8 Å². The van der Waals surface area contributed by atoms with Gasteiger partial charge in [0.25, 0.3) is 0 Å². The van der Waals surface area contributed by atoms with Crippen molar-refractivity contribution in [3.63, 3.8) is 0 Å². The zero-order valence-electron chi connectivity index (χ0n) is 30.6. The van der Waals surface area contributed by atoms with E-state index in [4.69, 9.17) is 4.74 Å². The molecular weight excluding hydrogens is 574 g/mol. The maximum absolute atomic E-state index is 12.3.